The molecule has 0 atom stereocenters. The summed E-state index contributed by atoms with van der Waals surface area (Å²) in [6.45, 7) is 2.12. The summed E-state index contributed by atoms with van der Waals surface area (Å²) in [5, 5.41) is 2.64. The van der Waals surface area contributed by atoms with E-state index in [0.29, 0.717) is 5.82 Å². The zero-order valence-electron chi connectivity index (χ0n) is 13.6. The zero-order valence-corrected chi connectivity index (χ0v) is 13.6. The first-order chi connectivity index (χ1) is 12.1. The highest BCUT2D eigenvalue weighted by atomic mass is 19.1. The predicted molar refractivity (Wildman–Crippen MR) is 90.7 cm³/mol. The Morgan fingerprint density at radius 1 is 1.24 bits per heavy atom. The van der Waals surface area contributed by atoms with Crippen molar-refractivity contribution in [1.29, 1.82) is 0 Å². The first-order valence-electron chi connectivity index (χ1n) is 8.10. The molecule has 1 aliphatic rings. The van der Waals surface area contributed by atoms with E-state index in [0.717, 1.165) is 56.0 Å². The van der Waals surface area contributed by atoms with Gasteiger partial charge in [-0.1, -0.05) is 0 Å². The van der Waals surface area contributed by atoms with Gasteiger partial charge in [0.25, 0.3) is 0 Å². The molecule has 5 nitrogen and oxygen atoms in total. The van der Waals surface area contributed by atoms with Crippen LogP contribution in [-0.2, 0) is 11.3 Å². The van der Waals surface area contributed by atoms with Crippen molar-refractivity contribution >= 4 is 17.8 Å². The number of benzene rings is 1. The van der Waals surface area contributed by atoms with Gasteiger partial charge in [0, 0.05) is 30.9 Å². The summed E-state index contributed by atoms with van der Waals surface area (Å²) >= 11 is 0. The third kappa shape index (κ3) is 4.59. The second-order valence-electron chi connectivity index (χ2n) is 5.74. The molecule has 7 heteroatoms. The summed E-state index contributed by atoms with van der Waals surface area (Å²) in [4.78, 5) is 22.6. The van der Waals surface area contributed by atoms with Crippen molar-refractivity contribution in [3.05, 3.63) is 59.6 Å². The van der Waals surface area contributed by atoms with Gasteiger partial charge in [0.2, 0.25) is 5.91 Å². The van der Waals surface area contributed by atoms with Crippen LogP contribution in [0.5, 0.6) is 0 Å². The van der Waals surface area contributed by atoms with E-state index in [4.69, 9.17) is 0 Å². The number of carbonyl (C=O) groups is 1. The Bertz CT molecular complexity index is 788. The Labute approximate surface area is 144 Å². The minimum absolute atomic E-state index is 0.0161. The fraction of sp³-hybridized carbons (Fsp3) is 0.278. The van der Waals surface area contributed by atoms with Crippen LogP contribution in [0.1, 0.15) is 24.2 Å². The van der Waals surface area contributed by atoms with Crippen LogP contribution < -0.4 is 10.2 Å². The fourth-order valence-corrected chi connectivity index (χ4v) is 2.63. The van der Waals surface area contributed by atoms with E-state index < -0.39 is 17.5 Å². The van der Waals surface area contributed by atoms with Gasteiger partial charge in [-0.2, -0.15) is 0 Å². The van der Waals surface area contributed by atoms with Crippen molar-refractivity contribution in [2.75, 3.05) is 18.0 Å². The molecule has 0 radical (unpaired) electrons. The molecule has 1 aromatic carbocycles. The number of hydrogen-bond acceptors (Lipinski definition) is 4. The lowest BCUT2D eigenvalue weighted by Gasteiger charge is -2.16. The maximum Gasteiger partial charge on any atom is 0.244 e. The summed E-state index contributed by atoms with van der Waals surface area (Å²) in [6.07, 6.45) is 6.35. The van der Waals surface area contributed by atoms with E-state index in [1.807, 2.05) is 6.07 Å². The van der Waals surface area contributed by atoms with Crippen molar-refractivity contribution in [3.8, 4) is 0 Å². The lowest BCUT2D eigenvalue weighted by molar-refractivity contribution is -0.116. The summed E-state index contributed by atoms with van der Waals surface area (Å²) in [5.74, 6) is -0.225. The molecule has 2 heterocycles. The molecule has 25 heavy (non-hydrogen) atoms. The van der Waals surface area contributed by atoms with Gasteiger partial charge in [0.1, 0.15) is 23.3 Å². The normalized spacial score (nSPS) is 14.2. The number of amides is 1. The van der Waals surface area contributed by atoms with E-state index in [9.17, 15) is 13.6 Å². The van der Waals surface area contributed by atoms with Crippen LogP contribution in [0.2, 0.25) is 0 Å². The molecule has 0 aliphatic carbocycles. The van der Waals surface area contributed by atoms with Gasteiger partial charge >= 0.3 is 0 Å². The van der Waals surface area contributed by atoms with Gasteiger partial charge in [-0.05, 0) is 43.2 Å². The molecule has 1 N–H and O–H groups in total. The van der Waals surface area contributed by atoms with Crippen LogP contribution in [0.25, 0.3) is 6.08 Å². The highest BCUT2D eigenvalue weighted by Gasteiger charge is 2.14. The molecule has 3 rings (SSSR count). The summed E-state index contributed by atoms with van der Waals surface area (Å²) < 4.78 is 26.6. The van der Waals surface area contributed by atoms with E-state index in [-0.39, 0.29) is 12.1 Å². The first kappa shape index (κ1) is 17.0. The van der Waals surface area contributed by atoms with Gasteiger partial charge in [-0.25, -0.2) is 18.7 Å². The second-order valence-corrected chi connectivity index (χ2v) is 5.74. The molecule has 0 saturated carbocycles. The Balaban J connectivity index is 1.58. The van der Waals surface area contributed by atoms with Crippen LogP contribution in [0.15, 0.2) is 36.5 Å². The number of halogens is 2. The number of hydrogen-bond donors (Lipinski definition) is 1. The highest BCUT2D eigenvalue weighted by molar-refractivity contribution is 5.91. The Morgan fingerprint density at radius 3 is 2.84 bits per heavy atom. The lowest BCUT2D eigenvalue weighted by atomic mass is 10.2. The maximum absolute atomic E-state index is 13.5. The van der Waals surface area contributed by atoms with Crippen LogP contribution in [0.4, 0.5) is 14.6 Å². The molecule has 1 saturated heterocycles. The van der Waals surface area contributed by atoms with E-state index in [1.54, 1.807) is 6.20 Å². The maximum atomic E-state index is 13.5. The van der Waals surface area contributed by atoms with Crippen molar-refractivity contribution in [3.63, 3.8) is 0 Å². The van der Waals surface area contributed by atoms with E-state index in [1.165, 1.54) is 6.08 Å². The number of carbonyl (C=O) groups excluding carboxylic acids is 1. The topological polar surface area (TPSA) is 58.1 Å². The Kier molecular flexibility index (Phi) is 5.33. The lowest BCUT2D eigenvalue weighted by Crippen LogP contribution is -2.23. The summed E-state index contributed by atoms with van der Waals surface area (Å²) in [5.41, 5.74) is 0.0161. The molecule has 0 spiro atoms. The van der Waals surface area contributed by atoms with Gasteiger partial charge in [0.05, 0.1) is 6.54 Å². The third-order valence-corrected chi connectivity index (χ3v) is 3.91. The zero-order chi connectivity index (χ0) is 17.6. The fourth-order valence-electron chi connectivity index (χ4n) is 2.63. The average molecular weight is 344 g/mol. The highest BCUT2D eigenvalue weighted by Crippen LogP contribution is 2.16. The minimum Gasteiger partial charge on any atom is -0.357 e. The molecule has 1 aliphatic heterocycles. The minimum atomic E-state index is -0.591. The molecule has 0 bridgehead atoms. The van der Waals surface area contributed by atoms with Crippen LogP contribution >= 0.6 is 0 Å². The monoisotopic (exact) mass is 344 g/mol. The molecule has 1 fully saturated rings. The molecule has 2 aromatic rings. The smallest absolute Gasteiger partial charge is 0.244 e. The summed E-state index contributed by atoms with van der Waals surface area (Å²) in [6, 6.07) is 4.92. The van der Waals surface area contributed by atoms with Crippen molar-refractivity contribution < 1.29 is 13.6 Å². The standard InChI is InChI=1S/C18H18F2N4O/c19-14-4-5-15(20)13(11-14)3-6-18(25)22-12-16-21-8-7-17(23-16)24-9-1-2-10-24/h3-8,11H,1-2,9-10,12H2,(H,22,25)/b6-3+. The molecule has 0 unspecified atom stereocenters. The van der Waals surface area contributed by atoms with Gasteiger partial charge < -0.3 is 10.2 Å². The van der Waals surface area contributed by atoms with Crippen molar-refractivity contribution in [1.82, 2.24) is 15.3 Å². The first-order valence-corrected chi connectivity index (χ1v) is 8.10. The molecule has 1 aromatic heterocycles. The molecule has 130 valence electrons. The SMILES string of the molecule is O=C(/C=C/c1cc(F)ccc1F)NCc1nccc(N2CCCC2)n1. The number of nitrogens with one attached hydrogen (secondary N) is 1. The third-order valence-electron chi connectivity index (χ3n) is 3.91. The number of rotatable bonds is 5. The number of nitrogens with zero attached hydrogens (tertiary/aromatic N) is 3. The second kappa shape index (κ2) is 7.83. The van der Waals surface area contributed by atoms with Crippen LogP contribution in [0.3, 0.4) is 0 Å². The predicted octanol–water partition coefficient (Wildman–Crippen LogP) is 2.68. The molecule has 1 amide bonds. The molecular formula is C18H18F2N4O. The Hall–Kier alpha value is -2.83. The Morgan fingerprint density at radius 2 is 2.04 bits per heavy atom. The van der Waals surface area contributed by atoms with Crippen LogP contribution in [-0.4, -0.2) is 29.0 Å². The van der Waals surface area contributed by atoms with Crippen molar-refractivity contribution in [2.45, 2.75) is 19.4 Å². The van der Waals surface area contributed by atoms with Crippen molar-refractivity contribution in [2.24, 2.45) is 0 Å². The largest absolute Gasteiger partial charge is 0.357 e. The number of anilines is 1. The van der Waals surface area contributed by atoms with Crippen LogP contribution in [0, 0.1) is 11.6 Å². The van der Waals surface area contributed by atoms with Gasteiger partial charge in [-0.15, -0.1) is 0 Å². The number of aromatic nitrogens is 2. The quantitative estimate of drug-likeness (QED) is 0.848. The van der Waals surface area contributed by atoms with Gasteiger partial charge in [0.15, 0.2) is 0 Å². The molecular weight excluding hydrogens is 326 g/mol. The van der Waals surface area contributed by atoms with Gasteiger partial charge in [-0.3, -0.25) is 4.79 Å². The summed E-state index contributed by atoms with van der Waals surface area (Å²) in [7, 11) is 0. The van der Waals surface area contributed by atoms with E-state index >= 15 is 0 Å². The average Bonchev–Trinajstić information content (AvgIpc) is 3.16. The van der Waals surface area contributed by atoms with E-state index in [2.05, 4.69) is 20.2 Å².